The van der Waals surface area contributed by atoms with Crippen LogP contribution < -0.4 is 10.0 Å². The molecule has 0 spiro atoms. The van der Waals surface area contributed by atoms with Crippen LogP contribution in [0.1, 0.15) is 36.3 Å². The van der Waals surface area contributed by atoms with Gasteiger partial charge in [0.1, 0.15) is 0 Å². The SMILES string of the molecule is CCC(C)NS(=O)(=O)c1ccc(C(=O)Nc2nc(C)c(-c3ccccc3)s2)cc1. The molecule has 0 aliphatic heterocycles. The maximum Gasteiger partial charge on any atom is 0.257 e. The van der Waals surface area contributed by atoms with E-state index in [1.54, 1.807) is 6.92 Å². The van der Waals surface area contributed by atoms with Crippen molar-refractivity contribution in [1.82, 2.24) is 9.71 Å². The van der Waals surface area contributed by atoms with Gasteiger partial charge in [0.25, 0.3) is 5.91 Å². The van der Waals surface area contributed by atoms with Gasteiger partial charge in [0.15, 0.2) is 5.13 Å². The Morgan fingerprint density at radius 3 is 2.38 bits per heavy atom. The summed E-state index contributed by atoms with van der Waals surface area (Å²) in [6, 6.07) is 15.6. The van der Waals surface area contributed by atoms with Crippen molar-refractivity contribution in [2.75, 3.05) is 5.32 Å². The topological polar surface area (TPSA) is 88.2 Å². The largest absolute Gasteiger partial charge is 0.298 e. The fourth-order valence-electron chi connectivity index (χ4n) is 2.68. The average Bonchev–Trinajstić information content (AvgIpc) is 3.08. The van der Waals surface area contributed by atoms with E-state index >= 15 is 0 Å². The first kappa shape index (κ1) is 21.2. The summed E-state index contributed by atoms with van der Waals surface area (Å²) in [5.74, 6) is -0.336. The van der Waals surface area contributed by atoms with Gasteiger partial charge in [0.05, 0.1) is 15.5 Å². The second-order valence-electron chi connectivity index (χ2n) is 6.71. The van der Waals surface area contributed by atoms with Crippen LogP contribution in [0.25, 0.3) is 10.4 Å². The smallest absolute Gasteiger partial charge is 0.257 e. The Labute approximate surface area is 175 Å². The van der Waals surface area contributed by atoms with E-state index in [2.05, 4.69) is 15.0 Å². The minimum absolute atomic E-state index is 0.130. The molecule has 0 bridgehead atoms. The first-order valence-corrected chi connectivity index (χ1v) is 11.6. The van der Waals surface area contributed by atoms with Crippen molar-refractivity contribution in [1.29, 1.82) is 0 Å². The van der Waals surface area contributed by atoms with Crippen LogP contribution in [0.4, 0.5) is 5.13 Å². The monoisotopic (exact) mass is 429 g/mol. The maximum atomic E-state index is 12.5. The Morgan fingerprint density at radius 2 is 1.76 bits per heavy atom. The molecular formula is C21H23N3O3S2. The van der Waals surface area contributed by atoms with Crippen LogP contribution in [-0.2, 0) is 10.0 Å². The number of carbonyl (C=O) groups excluding carboxylic acids is 1. The summed E-state index contributed by atoms with van der Waals surface area (Å²) in [6.45, 7) is 5.61. The van der Waals surface area contributed by atoms with Gasteiger partial charge in [0.2, 0.25) is 10.0 Å². The molecule has 29 heavy (non-hydrogen) atoms. The number of nitrogens with zero attached hydrogens (tertiary/aromatic N) is 1. The second kappa shape index (κ2) is 8.86. The molecule has 0 aliphatic rings. The Balaban J connectivity index is 1.74. The fourth-order valence-corrected chi connectivity index (χ4v) is 4.97. The predicted octanol–water partition coefficient (Wildman–Crippen LogP) is 4.45. The Morgan fingerprint density at radius 1 is 1.10 bits per heavy atom. The lowest BCUT2D eigenvalue weighted by molar-refractivity contribution is 0.102. The Hall–Kier alpha value is -2.55. The van der Waals surface area contributed by atoms with Crippen molar-refractivity contribution in [3.8, 4) is 10.4 Å². The Bertz CT molecular complexity index is 1090. The number of aromatic nitrogens is 1. The highest BCUT2D eigenvalue weighted by molar-refractivity contribution is 7.89. The predicted molar refractivity (Wildman–Crippen MR) is 117 cm³/mol. The highest BCUT2D eigenvalue weighted by Crippen LogP contribution is 2.32. The molecule has 1 atom stereocenters. The van der Waals surface area contributed by atoms with E-state index in [1.807, 2.05) is 44.2 Å². The molecule has 1 unspecified atom stereocenters. The van der Waals surface area contributed by atoms with Crippen molar-refractivity contribution in [3.05, 3.63) is 65.9 Å². The zero-order chi connectivity index (χ0) is 21.0. The van der Waals surface area contributed by atoms with Crippen LogP contribution in [0, 0.1) is 6.92 Å². The molecule has 0 fully saturated rings. The van der Waals surface area contributed by atoms with E-state index < -0.39 is 10.0 Å². The third kappa shape index (κ3) is 5.09. The zero-order valence-corrected chi connectivity index (χ0v) is 18.1. The Kier molecular flexibility index (Phi) is 6.46. The molecule has 0 saturated heterocycles. The number of nitrogens with one attached hydrogen (secondary N) is 2. The minimum atomic E-state index is -3.60. The summed E-state index contributed by atoms with van der Waals surface area (Å²) in [6.07, 6.45) is 0.692. The van der Waals surface area contributed by atoms with E-state index in [4.69, 9.17) is 0 Å². The van der Waals surface area contributed by atoms with Crippen LogP contribution in [0.15, 0.2) is 59.5 Å². The van der Waals surface area contributed by atoms with Crippen molar-refractivity contribution >= 4 is 32.4 Å². The van der Waals surface area contributed by atoms with Crippen LogP contribution >= 0.6 is 11.3 Å². The van der Waals surface area contributed by atoms with Crippen molar-refractivity contribution < 1.29 is 13.2 Å². The lowest BCUT2D eigenvalue weighted by Gasteiger charge is -2.12. The number of carbonyl (C=O) groups is 1. The number of amides is 1. The number of hydrogen-bond donors (Lipinski definition) is 2. The molecule has 6 nitrogen and oxygen atoms in total. The van der Waals surface area contributed by atoms with Crippen molar-refractivity contribution in [3.63, 3.8) is 0 Å². The molecule has 8 heteroatoms. The molecule has 152 valence electrons. The first-order valence-electron chi connectivity index (χ1n) is 9.26. The molecule has 1 aromatic heterocycles. The van der Waals surface area contributed by atoms with Gasteiger partial charge >= 0.3 is 0 Å². The van der Waals surface area contributed by atoms with Gasteiger partial charge in [-0.1, -0.05) is 48.6 Å². The minimum Gasteiger partial charge on any atom is -0.298 e. The average molecular weight is 430 g/mol. The number of hydrogen-bond acceptors (Lipinski definition) is 5. The van der Waals surface area contributed by atoms with Gasteiger partial charge in [-0.15, -0.1) is 0 Å². The molecule has 0 aliphatic carbocycles. The van der Waals surface area contributed by atoms with E-state index in [1.165, 1.54) is 35.6 Å². The standard InChI is InChI=1S/C21H23N3O3S2/c1-4-14(2)24-29(26,27)18-12-10-17(11-13-18)20(25)23-21-22-15(3)19(28-21)16-8-6-5-7-9-16/h5-14,24H,4H2,1-3H3,(H,22,23,25). The van der Waals surface area contributed by atoms with Gasteiger partial charge in [-0.25, -0.2) is 18.1 Å². The quantitative estimate of drug-likeness (QED) is 0.581. The normalized spacial score (nSPS) is 12.5. The lowest BCUT2D eigenvalue weighted by atomic mass is 10.2. The molecule has 0 radical (unpaired) electrons. The molecule has 1 amide bonds. The van der Waals surface area contributed by atoms with Crippen LogP contribution in [0.3, 0.4) is 0 Å². The number of thiazole rings is 1. The van der Waals surface area contributed by atoms with Crippen LogP contribution in [0.5, 0.6) is 0 Å². The van der Waals surface area contributed by atoms with E-state index in [-0.39, 0.29) is 16.8 Å². The van der Waals surface area contributed by atoms with E-state index in [0.717, 1.165) is 16.1 Å². The number of sulfonamides is 1. The summed E-state index contributed by atoms with van der Waals surface area (Å²) < 4.78 is 27.3. The van der Waals surface area contributed by atoms with E-state index in [0.29, 0.717) is 17.1 Å². The van der Waals surface area contributed by atoms with Gasteiger partial charge in [-0.3, -0.25) is 10.1 Å². The summed E-state index contributed by atoms with van der Waals surface area (Å²) >= 11 is 1.40. The van der Waals surface area contributed by atoms with Gasteiger partial charge in [0, 0.05) is 11.6 Å². The second-order valence-corrected chi connectivity index (χ2v) is 9.42. The van der Waals surface area contributed by atoms with Crippen molar-refractivity contribution in [2.45, 2.75) is 38.1 Å². The zero-order valence-electron chi connectivity index (χ0n) is 16.5. The number of anilines is 1. The highest BCUT2D eigenvalue weighted by Gasteiger charge is 2.18. The molecule has 2 aromatic carbocycles. The number of benzene rings is 2. The molecule has 3 rings (SSSR count). The highest BCUT2D eigenvalue weighted by atomic mass is 32.2. The molecule has 3 aromatic rings. The first-order chi connectivity index (χ1) is 13.8. The van der Waals surface area contributed by atoms with Gasteiger partial charge in [-0.2, -0.15) is 0 Å². The van der Waals surface area contributed by atoms with Crippen molar-refractivity contribution in [2.24, 2.45) is 0 Å². The molecule has 1 heterocycles. The summed E-state index contributed by atoms with van der Waals surface area (Å²) in [4.78, 5) is 18.1. The number of aryl methyl sites for hydroxylation is 1. The molecule has 0 saturated carbocycles. The number of rotatable bonds is 7. The van der Waals surface area contributed by atoms with Gasteiger partial charge < -0.3 is 0 Å². The van der Waals surface area contributed by atoms with Gasteiger partial charge in [-0.05, 0) is 50.1 Å². The maximum absolute atomic E-state index is 12.5. The fraction of sp³-hybridized carbons (Fsp3) is 0.238. The van der Waals surface area contributed by atoms with E-state index in [9.17, 15) is 13.2 Å². The lowest BCUT2D eigenvalue weighted by Crippen LogP contribution is -2.32. The summed E-state index contributed by atoms with van der Waals surface area (Å²) in [7, 11) is -3.60. The molecular weight excluding hydrogens is 406 g/mol. The molecule has 2 N–H and O–H groups in total. The third-order valence-corrected chi connectivity index (χ3v) is 7.18. The van der Waals surface area contributed by atoms with Crippen LogP contribution in [0.2, 0.25) is 0 Å². The summed E-state index contributed by atoms with van der Waals surface area (Å²) in [5, 5.41) is 3.29. The summed E-state index contributed by atoms with van der Waals surface area (Å²) in [5.41, 5.74) is 2.25. The third-order valence-electron chi connectivity index (χ3n) is 4.45. The van der Waals surface area contributed by atoms with Crippen LogP contribution in [-0.4, -0.2) is 25.4 Å².